The highest BCUT2D eigenvalue weighted by molar-refractivity contribution is 6.61. The average molecular weight is 328 g/mol. The van der Waals surface area contributed by atoms with Gasteiger partial charge in [0.1, 0.15) is 5.82 Å². The van der Waals surface area contributed by atoms with Crippen molar-refractivity contribution in [2.24, 2.45) is 0 Å². The van der Waals surface area contributed by atoms with Crippen molar-refractivity contribution in [2.45, 2.75) is 32.9 Å². The monoisotopic (exact) mass is 328 g/mol. The molecule has 2 heterocycles. The summed E-state index contributed by atoms with van der Waals surface area (Å²) in [5.74, 6) is 1.17. The molecule has 4 N–H and O–H groups in total. The average Bonchev–Trinajstić information content (AvgIpc) is 2.96. The van der Waals surface area contributed by atoms with E-state index in [9.17, 15) is 10.1 Å². The number of hydrogen-bond acceptors (Lipinski definition) is 7. The van der Waals surface area contributed by atoms with Crippen LogP contribution < -0.4 is 16.1 Å². The molecule has 1 atom stereocenters. The van der Waals surface area contributed by atoms with Crippen molar-refractivity contribution in [3.8, 4) is 0 Å². The zero-order chi connectivity index (χ0) is 17.1. The lowest BCUT2D eigenvalue weighted by atomic mass is 9.79. The number of nitrogens with zero attached hydrogens (tertiary/aromatic N) is 2. The van der Waals surface area contributed by atoms with Gasteiger partial charge in [-0.05, 0) is 36.5 Å². The normalized spacial score (nSPS) is 14.4. The molecule has 0 radical (unpaired) electrons. The Hall–Kier alpha value is -2.16. The zero-order valence-corrected chi connectivity index (χ0v) is 13.8. The number of aliphatic hydroxyl groups excluding tert-OH is 1. The third-order valence-electron chi connectivity index (χ3n) is 4.09. The quantitative estimate of drug-likeness (QED) is 0.585. The highest BCUT2D eigenvalue weighted by Crippen LogP contribution is 2.20. The fraction of sp³-hybridized carbons (Fsp3) is 0.375. The van der Waals surface area contributed by atoms with Crippen molar-refractivity contribution in [1.29, 1.82) is 0 Å². The first kappa shape index (κ1) is 16.7. The van der Waals surface area contributed by atoms with Crippen molar-refractivity contribution in [3.63, 3.8) is 0 Å². The minimum absolute atomic E-state index is 0.0370. The largest absolute Gasteiger partial charge is 0.491 e. The molecule has 0 aliphatic carbocycles. The molecule has 1 aromatic carbocycles. The maximum atomic E-state index is 9.66. The Morgan fingerprint density at radius 1 is 1.42 bits per heavy atom. The van der Waals surface area contributed by atoms with Crippen molar-refractivity contribution in [1.82, 2.24) is 9.97 Å². The highest BCUT2D eigenvalue weighted by Gasteiger charge is 2.27. The summed E-state index contributed by atoms with van der Waals surface area (Å²) in [5.41, 5.74) is 3.49. The smallest absolute Gasteiger partial charge is 0.423 e. The Bertz CT molecular complexity index is 724. The predicted octanol–water partition coefficient (Wildman–Crippen LogP) is 0.929. The number of nitrogens with one attached hydrogen (secondary N) is 2. The van der Waals surface area contributed by atoms with E-state index in [1.807, 2.05) is 32.0 Å². The molecule has 2 aromatic rings. The van der Waals surface area contributed by atoms with Crippen LogP contribution in [0.3, 0.4) is 0 Å². The first-order valence-corrected chi connectivity index (χ1v) is 8.01. The van der Waals surface area contributed by atoms with Crippen LogP contribution in [0.2, 0.25) is 0 Å². The summed E-state index contributed by atoms with van der Waals surface area (Å²) in [6, 6.07) is 5.58. The molecule has 3 rings (SSSR count). The van der Waals surface area contributed by atoms with Gasteiger partial charge in [0.05, 0.1) is 19.3 Å². The third-order valence-corrected chi connectivity index (χ3v) is 4.09. The Morgan fingerprint density at radius 3 is 3.00 bits per heavy atom. The highest BCUT2D eigenvalue weighted by atomic mass is 16.5. The summed E-state index contributed by atoms with van der Waals surface area (Å²) < 4.78 is 5.19. The summed E-state index contributed by atoms with van der Waals surface area (Å²) in [6.45, 7) is 4.37. The molecule has 126 valence electrons. The van der Waals surface area contributed by atoms with E-state index in [2.05, 4.69) is 20.6 Å². The maximum Gasteiger partial charge on any atom is 0.491 e. The van der Waals surface area contributed by atoms with E-state index in [1.165, 1.54) is 0 Å². The molecular formula is C16H21BN4O3. The van der Waals surface area contributed by atoms with Gasteiger partial charge in [-0.15, -0.1) is 0 Å². The number of aromatic nitrogens is 2. The Labute approximate surface area is 141 Å². The van der Waals surface area contributed by atoms with Crippen LogP contribution in [0.25, 0.3) is 0 Å². The molecule has 1 aliphatic heterocycles. The van der Waals surface area contributed by atoms with Crippen LogP contribution in [-0.4, -0.2) is 39.9 Å². The van der Waals surface area contributed by atoms with Crippen LogP contribution >= 0.6 is 0 Å². The SMILES string of the molecule is CCC(CO)Nc1nc(Nc2ccc3c(c2)COB3O)ncc1C. The van der Waals surface area contributed by atoms with E-state index < -0.39 is 7.12 Å². The standard InChI is InChI=1S/C16H21BN4O3/c1-3-12(8-22)19-15-10(2)7-18-16(21-15)20-13-4-5-14-11(6-13)9-24-17(14)23/h4-7,12,22-23H,3,8-9H2,1-2H3,(H2,18,19,20,21). The van der Waals surface area contributed by atoms with E-state index in [0.29, 0.717) is 18.4 Å². The van der Waals surface area contributed by atoms with Crippen molar-refractivity contribution in [2.75, 3.05) is 17.2 Å². The van der Waals surface area contributed by atoms with E-state index in [1.54, 1.807) is 6.20 Å². The van der Waals surface area contributed by atoms with Gasteiger partial charge in [-0.2, -0.15) is 4.98 Å². The molecule has 0 amide bonds. The Balaban J connectivity index is 1.78. The van der Waals surface area contributed by atoms with Crippen molar-refractivity contribution >= 4 is 30.0 Å². The fourth-order valence-electron chi connectivity index (χ4n) is 2.56. The minimum Gasteiger partial charge on any atom is -0.423 e. The second-order valence-electron chi connectivity index (χ2n) is 5.86. The van der Waals surface area contributed by atoms with E-state index in [4.69, 9.17) is 4.65 Å². The first-order chi connectivity index (χ1) is 11.6. The second kappa shape index (κ2) is 7.17. The predicted molar refractivity (Wildman–Crippen MR) is 93.7 cm³/mol. The number of benzene rings is 1. The van der Waals surface area contributed by atoms with E-state index >= 15 is 0 Å². The van der Waals surface area contributed by atoms with Crippen LogP contribution in [0.5, 0.6) is 0 Å². The van der Waals surface area contributed by atoms with Crippen LogP contribution in [0.15, 0.2) is 24.4 Å². The van der Waals surface area contributed by atoms with Gasteiger partial charge in [-0.25, -0.2) is 4.98 Å². The van der Waals surface area contributed by atoms with Gasteiger partial charge in [0.2, 0.25) is 5.95 Å². The molecule has 8 heteroatoms. The lowest BCUT2D eigenvalue weighted by molar-refractivity contribution is 0.271. The third kappa shape index (κ3) is 3.50. The first-order valence-electron chi connectivity index (χ1n) is 8.01. The van der Waals surface area contributed by atoms with Gasteiger partial charge < -0.3 is 25.4 Å². The van der Waals surface area contributed by atoms with Gasteiger partial charge in [0, 0.05) is 17.4 Å². The molecule has 0 saturated carbocycles. The van der Waals surface area contributed by atoms with Crippen LogP contribution in [0, 0.1) is 6.92 Å². The molecule has 24 heavy (non-hydrogen) atoms. The number of aryl methyl sites for hydroxylation is 1. The lowest BCUT2D eigenvalue weighted by Crippen LogP contribution is -2.27. The molecule has 0 saturated heterocycles. The van der Waals surface area contributed by atoms with Gasteiger partial charge in [-0.1, -0.05) is 13.0 Å². The molecule has 1 aromatic heterocycles. The van der Waals surface area contributed by atoms with Gasteiger partial charge in [0.15, 0.2) is 0 Å². The summed E-state index contributed by atoms with van der Waals surface area (Å²) in [4.78, 5) is 8.78. The Kier molecular flexibility index (Phi) is 4.98. The lowest BCUT2D eigenvalue weighted by Gasteiger charge is -2.17. The van der Waals surface area contributed by atoms with Crippen molar-refractivity contribution < 1.29 is 14.8 Å². The number of hydrogen-bond donors (Lipinski definition) is 4. The summed E-state index contributed by atoms with van der Waals surface area (Å²) >= 11 is 0. The molecule has 0 bridgehead atoms. The molecule has 1 aliphatic rings. The number of anilines is 3. The van der Waals surface area contributed by atoms with Gasteiger partial charge in [-0.3, -0.25) is 0 Å². The summed E-state index contributed by atoms with van der Waals surface area (Å²) in [5, 5.41) is 25.4. The molecule has 7 nitrogen and oxygen atoms in total. The van der Waals surface area contributed by atoms with Gasteiger partial charge >= 0.3 is 7.12 Å². The second-order valence-corrected chi connectivity index (χ2v) is 5.86. The molecule has 1 unspecified atom stereocenters. The number of aliphatic hydroxyl groups is 1. The zero-order valence-electron chi connectivity index (χ0n) is 13.8. The summed E-state index contributed by atoms with van der Waals surface area (Å²) in [6.07, 6.45) is 2.54. The van der Waals surface area contributed by atoms with Crippen LogP contribution in [0.1, 0.15) is 24.5 Å². The topological polar surface area (TPSA) is 99.5 Å². The number of rotatable bonds is 6. The number of fused-ring (bicyclic) bond motifs is 1. The maximum absolute atomic E-state index is 9.66. The van der Waals surface area contributed by atoms with Gasteiger partial charge in [0.25, 0.3) is 0 Å². The minimum atomic E-state index is -0.843. The fourth-order valence-corrected chi connectivity index (χ4v) is 2.56. The molecular weight excluding hydrogens is 307 g/mol. The van der Waals surface area contributed by atoms with Crippen molar-refractivity contribution in [3.05, 3.63) is 35.5 Å². The van der Waals surface area contributed by atoms with E-state index in [0.717, 1.165) is 28.7 Å². The van der Waals surface area contributed by atoms with E-state index in [-0.39, 0.29) is 12.6 Å². The summed E-state index contributed by atoms with van der Waals surface area (Å²) in [7, 11) is -0.843. The van der Waals surface area contributed by atoms with Crippen LogP contribution in [0.4, 0.5) is 17.5 Å². The Morgan fingerprint density at radius 2 is 2.25 bits per heavy atom. The molecule has 0 spiro atoms. The molecule has 0 fully saturated rings. The van der Waals surface area contributed by atoms with Crippen LogP contribution in [-0.2, 0) is 11.3 Å².